The van der Waals surface area contributed by atoms with Gasteiger partial charge in [0.15, 0.2) is 0 Å². The van der Waals surface area contributed by atoms with Crippen molar-refractivity contribution in [3.63, 3.8) is 0 Å². The summed E-state index contributed by atoms with van der Waals surface area (Å²) in [7, 11) is 0. The van der Waals surface area contributed by atoms with Crippen molar-refractivity contribution in [2.45, 2.75) is 63.0 Å². The highest BCUT2D eigenvalue weighted by molar-refractivity contribution is 7.98. The number of hydrogen-bond acceptors (Lipinski definition) is 2. The van der Waals surface area contributed by atoms with Crippen LogP contribution in [0, 0.1) is 0 Å². The molecule has 0 aliphatic carbocycles. The Morgan fingerprint density at radius 2 is 0.935 bits per heavy atom. The van der Waals surface area contributed by atoms with E-state index in [9.17, 15) is 0 Å². The van der Waals surface area contributed by atoms with E-state index >= 15 is 0 Å². The highest BCUT2D eigenvalue weighted by Gasteiger charge is 2.37. The highest BCUT2D eigenvalue weighted by Crippen LogP contribution is 2.46. The Morgan fingerprint density at radius 1 is 0.548 bits per heavy atom. The fourth-order valence-corrected chi connectivity index (χ4v) is 5.41. The molecule has 0 aliphatic rings. The summed E-state index contributed by atoms with van der Waals surface area (Å²) in [5.74, 6) is 0. The van der Waals surface area contributed by atoms with E-state index in [0.717, 1.165) is 6.54 Å². The van der Waals surface area contributed by atoms with Crippen LogP contribution in [0.4, 0.5) is 0 Å². The quantitative estimate of drug-likeness (QED) is 0.156. The van der Waals surface area contributed by atoms with Crippen molar-refractivity contribution in [1.29, 1.82) is 0 Å². The molecule has 0 saturated carbocycles. The third kappa shape index (κ3) is 6.72. The number of rotatable bonds is 14. The van der Waals surface area contributed by atoms with E-state index in [2.05, 4.69) is 103 Å². The highest BCUT2D eigenvalue weighted by atomic mass is 32.2. The van der Waals surface area contributed by atoms with Crippen molar-refractivity contribution in [3.05, 3.63) is 108 Å². The van der Waals surface area contributed by atoms with Crippen LogP contribution in [0.2, 0.25) is 0 Å². The molecule has 3 aromatic rings. The zero-order chi connectivity index (χ0) is 21.6. The molecular formula is C29H37NS. The van der Waals surface area contributed by atoms with Gasteiger partial charge < -0.3 is 0 Å². The Bertz CT molecular complexity index is 736. The van der Waals surface area contributed by atoms with E-state index < -0.39 is 0 Å². The van der Waals surface area contributed by atoms with Gasteiger partial charge in [0.25, 0.3) is 0 Å². The Balaban J connectivity index is 1.70. The minimum atomic E-state index is -0.274. The molecule has 1 nitrogen and oxygen atoms in total. The van der Waals surface area contributed by atoms with Gasteiger partial charge in [0.1, 0.15) is 4.75 Å². The fraction of sp³-hybridized carbons (Fsp3) is 0.379. The summed E-state index contributed by atoms with van der Waals surface area (Å²) in [6.45, 7) is 3.32. The summed E-state index contributed by atoms with van der Waals surface area (Å²) in [5, 5.41) is 0. The first-order valence-corrected chi connectivity index (χ1v) is 12.8. The van der Waals surface area contributed by atoms with Gasteiger partial charge in [-0.25, -0.2) is 0 Å². The van der Waals surface area contributed by atoms with Crippen LogP contribution in [0.25, 0.3) is 0 Å². The van der Waals surface area contributed by atoms with Gasteiger partial charge in [-0.15, -0.1) is 0 Å². The Kier molecular flexibility index (Phi) is 10.2. The van der Waals surface area contributed by atoms with E-state index in [1.807, 2.05) is 11.9 Å². The van der Waals surface area contributed by atoms with Gasteiger partial charge in [-0.1, -0.05) is 155 Å². The molecule has 164 valence electrons. The Labute approximate surface area is 193 Å². The van der Waals surface area contributed by atoms with Crippen molar-refractivity contribution < 1.29 is 0 Å². The van der Waals surface area contributed by atoms with E-state index in [-0.39, 0.29) is 4.75 Å². The molecule has 0 amide bonds. The van der Waals surface area contributed by atoms with Crippen molar-refractivity contribution in [1.82, 2.24) is 4.72 Å². The maximum atomic E-state index is 3.75. The van der Waals surface area contributed by atoms with Gasteiger partial charge in [-0.2, -0.15) is 0 Å². The lowest BCUT2D eigenvalue weighted by Gasteiger charge is -2.35. The smallest absolute Gasteiger partial charge is 0.105 e. The average Bonchev–Trinajstić information content (AvgIpc) is 2.84. The molecule has 0 radical (unpaired) electrons. The van der Waals surface area contributed by atoms with Crippen LogP contribution < -0.4 is 4.72 Å². The molecule has 2 heteroatoms. The summed E-state index contributed by atoms with van der Waals surface area (Å²) in [6, 6.07) is 32.7. The molecule has 0 atom stereocenters. The SMILES string of the molecule is CCCCCCCCCCNSC(c1ccccc1)(c1ccccc1)c1ccccc1. The number of hydrogen-bond donors (Lipinski definition) is 1. The van der Waals surface area contributed by atoms with Crippen molar-refractivity contribution in [2.75, 3.05) is 6.54 Å². The fourth-order valence-electron chi connectivity index (χ4n) is 4.19. The third-order valence-electron chi connectivity index (χ3n) is 5.90. The lowest BCUT2D eigenvalue weighted by atomic mass is 9.84. The lowest BCUT2D eigenvalue weighted by Crippen LogP contribution is -2.29. The minimum absolute atomic E-state index is 0.274. The normalized spacial score (nSPS) is 11.5. The topological polar surface area (TPSA) is 12.0 Å². The zero-order valence-corrected chi connectivity index (χ0v) is 19.7. The first-order valence-electron chi connectivity index (χ1n) is 12.0. The predicted octanol–water partition coefficient (Wildman–Crippen LogP) is 8.36. The Morgan fingerprint density at radius 3 is 1.35 bits per heavy atom. The van der Waals surface area contributed by atoms with Gasteiger partial charge in [-0.05, 0) is 23.1 Å². The van der Waals surface area contributed by atoms with Gasteiger partial charge in [0, 0.05) is 6.54 Å². The monoisotopic (exact) mass is 431 g/mol. The molecule has 1 N–H and O–H groups in total. The molecule has 3 rings (SSSR count). The molecule has 3 aromatic carbocycles. The summed E-state index contributed by atoms with van der Waals surface area (Å²) >= 11 is 1.85. The van der Waals surface area contributed by atoms with Crippen molar-refractivity contribution >= 4 is 11.9 Å². The summed E-state index contributed by atoms with van der Waals surface area (Å²) in [4.78, 5) is 0. The van der Waals surface area contributed by atoms with Gasteiger partial charge in [0.2, 0.25) is 0 Å². The van der Waals surface area contributed by atoms with Crippen LogP contribution in [0.15, 0.2) is 91.0 Å². The molecule has 0 fully saturated rings. The second kappa shape index (κ2) is 13.4. The largest absolute Gasteiger partial charge is 0.263 e. The van der Waals surface area contributed by atoms with E-state index in [0.29, 0.717) is 0 Å². The van der Waals surface area contributed by atoms with Crippen LogP contribution in [0.5, 0.6) is 0 Å². The summed E-state index contributed by atoms with van der Waals surface area (Å²) < 4.78 is 3.48. The lowest BCUT2D eigenvalue weighted by molar-refractivity contribution is 0.575. The summed E-state index contributed by atoms with van der Waals surface area (Å²) in [5.41, 5.74) is 3.92. The molecule has 0 unspecified atom stereocenters. The second-order valence-electron chi connectivity index (χ2n) is 8.25. The van der Waals surface area contributed by atoms with E-state index in [4.69, 9.17) is 0 Å². The average molecular weight is 432 g/mol. The zero-order valence-electron chi connectivity index (χ0n) is 18.9. The van der Waals surface area contributed by atoms with Crippen LogP contribution in [0.3, 0.4) is 0 Å². The van der Waals surface area contributed by atoms with E-state index in [1.54, 1.807) is 0 Å². The Hall–Kier alpha value is -2.03. The predicted molar refractivity (Wildman–Crippen MR) is 137 cm³/mol. The number of nitrogens with one attached hydrogen (secondary N) is 1. The molecule has 0 bridgehead atoms. The molecule has 0 heterocycles. The number of benzene rings is 3. The van der Waals surface area contributed by atoms with Crippen LogP contribution in [0.1, 0.15) is 75.0 Å². The minimum Gasteiger partial charge on any atom is -0.263 e. The number of unbranched alkanes of at least 4 members (excludes halogenated alkanes) is 7. The van der Waals surface area contributed by atoms with Crippen molar-refractivity contribution in [2.24, 2.45) is 0 Å². The first-order chi connectivity index (χ1) is 15.4. The molecule has 0 spiro atoms. The molecule has 0 aromatic heterocycles. The molecule has 31 heavy (non-hydrogen) atoms. The first kappa shape index (κ1) is 23.6. The van der Waals surface area contributed by atoms with Gasteiger partial charge >= 0.3 is 0 Å². The van der Waals surface area contributed by atoms with Gasteiger partial charge in [0.05, 0.1) is 0 Å². The van der Waals surface area contributed by atoms with Crippen molar-refractivity contribution in [3.8, 4) is 0 Å². The van der Waals surface area contributed by atoms with Gasteiger partial charge in [-0.3, -0.25) is 4.72 Å². The summed E-state index contributed by atoms with van der Waals surface area (Å²) in [6.07, 6.45) is 10.8. The molecular weight excluding hydrogens is 394 g/mol. The standard InChI is InChI=1S/C29H37NS/c1-2-3-4-5-6-7-8-18-25-30-31-29(26-19-12-9-13-20-26,27-21-14-10-15-22-27)28-23-16-11-17-24-28/h9-17,19-24,30H,2-8,18,25H2,1H3. The maximum absolute atomic E-state index is 3.75. The maximum Gasteiger partial charge on any atom is 0.105 e. The van der Waals surface area contributed by atoms with Crippen LogP contribution in [-0.4, -0.2) is 6.54 Å². The molecule has 0 aliphatic heterocycles. The molecule has 0 saturated heterocycles. The third-order valence-corrected chi connectivity index (χ3v) is 7.26. The second-order valence-corrected chi connectivity index (χ2v) is 9.36. The van der Waals surface area contributed by atoms with E-state index in [1.165, 1.54) is 68.1 Å². The van der Waals surface area contributed by atoms with Crippen LogP contribution in [-0.2, 0) is 4.75 Å². The van der Waals surface area contributed by atoms with Crippen LogP contribution >= 0.6 is 11.9 Å².